The highest BCUT2D eigenvalue weighted by atomic mass is 32.2. The molecular weight excluding hydrogens is 254 g/mol. The summed E-state index contributed by atoms with van der Waals surface area (Å²) in [6.07, 6.45) is 2.80. The maximum absolute atomic E-state index is 4.56. The van der Waals surface area contributed by atoms with Crippen molar-refractivity contribution in [3.8, 4) is 0 Å². The predicted molar refractivity (Wildman–Crippen MR) is 82.1 cm³/mol. The molecule has 0 atom stereocenters. The van der Waals surface area contributed by atoms with Gasteiger partial charge in [-0.1, -0.05) is 0 Å². The van der Waals surface area contributed by atoms with Crippen LogP contribution in [-0.2, 0) is 6.42 Å². The molecule has 0 radical (unpaired) electrons. The Labute approximate surface area is 118 Å². The Bertz CT molecular complexity index is 631. The minimum absolute atomic E-state index is 0.0513. The van der Waals surface area contributed by atoms with Crippen LogP contribution in [0.3, 0.4) is 0 Å². The predicted octanol–water partition coefficient (Wildman–Crippen LogP) is 3.51. The fourth-order valence-electron chi connectivity index (χ4n) is 2.40. The molecule has 0 saturated carbocycles. The van der Waals surface area contributed by atoms with Gasteiger partial charge in [0.1, 0.15) is 12.1 Å². The van der Waals surface area contributed by atoms with E-state index in [-0.39, 0.29) is 5.54 Å². The van der Waals surface area contributed by atoms with Gasteiger partial charge in [-0.3, -0.25) is 0 Å². The molecule has 1 aromatic carbocycles. The lowest BCUT2D eigenvalue weighted by atomic mass is 10.0. The third-order valence-electron chi connectivity index (χ3n) is 3.78. The second-order valence-electron chi connectivity index (χ2n) is 5.96. The first-order valence-electron chi connectivity index (χ1n) is 6.62. The number of thioether (sulfide) groups is 1. The largest absolute Gasteiger partial charge is 0.354 e. The third kappa shape index (κ3) is 2.08. The molecule has 1 aliphatic heterocycles. The number of fused-ring (bicyclic) bond motifs is 3. The maximum atomic E-state index is 4.56. The van der Waals surface area contributed by atoms with Crippen LogP contribution < -0.4 is 4.90 Å². The van der Waals surface area contributed by atoms with Crippen molar-refractivity contribution in [2.45, 2.75) is 37.6 Å². The summed E-state index contributed by atoms with van der Waals surface area (Å²) in [6, 6.07) is 4.32. The number of rotatable bonds is 1. The molecule has 4 heteroatoms. The van der Waals surface area contributed by atoms with E-state index in [4.69, 9.17) is 0 Å². The Balaban J connectivity index is 2.28. The van der Waals surface area contributed by atoms with Gasteiger partial charge in [-0.25, -0.2) is 9.97 Å². The Kier molecular flexibility index (Phi) is 2.93. The van der Waals surface area contributed by atoms with Crippen LogP contribution in [-0.4, -0.2) is 28.3 Å². The van der Waals surface area contributed by atoms with E-state index in [2.05, 4.69) is 54.8 Å². The first-order chi connectivity index (χ1) is 8.98. The third-order valence-corrected chi connectivity index (χ3v) is 4.88. The molecule has 2 aromatic rings. The molecule has 0 saturated heterocycles. The normalized spacial score (nSPS) is 14.7. The summed E-state index contributed by atoms with van der Waals surface area (Å²) >= 11 is 1.94. The van der Waals surface area contributed by atoms with E-state index in [9.17, 15) is 0 Å². The summed E-state index contributed by atoms with van der Waals surface area (Å²) in [5.74, 6) is 2.22. The molecule has 0 bridgehead atoms. The van der Waals surface area contributed by atoms with Gasteiger partial charge in [0.15, 0.2) is 0 Å². The smallest absolute Gasteiger partial charge is 0.140 e. The van der Waals surface area contributed by atoms with Gasteiger partial charge < -0.3 is 4.90 Å². The molecule has 0 spiro atoms. The number of aryl methyl sites for hydroxylation is 1. The topological polar surface area (TPSA) is 29.0 Å². The van der Waals surface area contributed by atoms with Crippen molar-refractivity contribution in [3.05, 3.63) is 24.0 Å². The van der Waals surface area contributed by atoms with Gasteiger partial charge in [-0.05, 0) is 44.9 Å². The maximum Gasteiger partial charge on any atom is 0.140 e. The zero-order valence-electron chi connectivity index (χ0n) is 11.9. The number of hydrogen-bond donors (Lipinski definition) is 0. The van der Waals surface area contributed by atoms with Gasteiger partial charge in [0.25, 0.3) is 0 Å². The molecule has 0 amide bonds. The van der Waals surface area contributed by atoms with E-state index in [0.29, 0.717) is 0 Å². The summed E-state index contributed by atoms with van der Waals surface area (Å²) < 4.78 is 0. The highest BCUT2D eigenvalue weighted by Gasteiger charge is 2.24. The van der Waals surface area contributed by atoms with E-state index in [0.717, 1.165) is 17.8 Å². The molecule has 1 aliphatic rings. The Hall–Kier alpha value is -1.29. The van der Waals surface area contributed by atoms with Gasteiger partial charge >= 0.3 is 0 Å². The SMILES string of the molecule is CN(c1ncnc2ccc3c(c12)CCS3)C(C)(C)C. The highest BCUT2D eigenvalue weighted by molar-refractivity contribution is 7.99. The van der Waals surface area contributed by atoms with Gasteiger partial charge in [-0.15, -0.1) is 11.8 Å². The lowest BCUT2D eigenvalue weighted by Crippen LogP contribution is -2.38. The van der Waals surface area contributed by atoms with Gasteiger partial charge in [0.05, 0.1) is 5.52 Å². The van der Waals surface area contributed by atoms with Crippen LogP contribution in [0.2, 0.25) is 0 Å². The first-order valence-corrected chi connectivity index (χ1v) is 7.60. The van der Waals surface area contributed by atoms with Crippen molar-refractivity contribution < 1.29 is 0 Å². The highest BCUT2D eigenvalue weighted by Crippen LogP contribution is 2.39. The lowest BCUT2D eigenvalue weighted by molar-refractivity contribution is 0.535. The average Bonchev–Trinajstić information content (AvgIpc) is 2.84. The fraction of sp³-hybridized carbons (Fsp3) is 0.467. The summed E-state index contributed by atoms with van der Waals surface area (Å²) in [7, 11) is 2.11. The molecule has 1 aromatic heterocycles. The zero-order valence-corrected chi connectivity index (χ0v) is 12.7. The van der Waals surface area contributed by atoms with Crippen LogP contribution in [0.5, 0.6) is 0 Å². The fourth-order valence-corrected chi connectivity index (χ4v) is 3.47. The second kappa shape index (κ2) is 4.37. The molecular formula is C15H19N3S. The number of anilines is 1. The van der Waals surface area contributed by atoms with Crippen LogP contribution in [0.15, 0.2) is 23.4 Å². The van der Waals surface area contributed by atoms with E-state index in [1.807, 2.05) is 11.8 Å². The quantitative estimate of drug-likeness (QED) is 0.795. The van der Waals surface area contributed by atoms with E-state index >= 15 is 0 Å². The minimum atomic E-state index is 0.0513. The molecule has 3 rings (SSSR count). The van der Waals surface area contributed by atoms with Crippen LogP contribution >= 0.6 is 11.8 Å². The van der Waals surface area contributed by atoms with Crippen LogP contribution in [0.4, 0.5) is 5.82 Å². The van der Waals surface area contributed by atoms with E-state index in [1.54, 1.807) is 6.33 Å². The molecule has 2 heterocycles. The molecule has 0 unspecified atom stereocenters. The van der Waals surface area contributed by atoms with E-state index < -0.39 is 0 Å². The van der Waals surface area contributed by atoms with Crippen molar-refractivity contribution in [2.75, 3.05) is 17.7 Å². The summed E-state index contributed by atoms with van der Waals surface area (Å²) in [5.41, 5.74) is 2.53. The zero-order chi connectivity index (χ0) is 13.6. The Morgan fingerprint density at radius 3 is 2.74 bits per heavy atom. The lowest BCUT2D eigenvalue weighted by Gasteiger charge is -2.34. The number of nitrogens with zero attached hydrogens (tertiary/aromatic N) is 3. The van der Waals surface area contributed by atoms with Crippen molar-refractivity contribution >= 4 is 28.5 Å². The summed E-state index contributed by atoms with van der Waals surface area (Å²) in [6.45, 7) is 6.62. The Morgan fingerprint density at radius 2 is 2.00 bits per heavy atom. The van der Waals surface area contributed by atoms with E-state index in [1.165, 1.54) is 21.6 Å². The molecule has 0 fully saturated rings. The average molecular weight is 273 g/mol. The van der Waals surface area contributed by atoms with Gasteiger partial charge in [-0.2, -0.15) is 0 Å². The minimum Gasteiger partial charge on any atom is -0.354 e. The first kappa shape index (κ1) is 12.7. The monoisotopic (exact) mass is 273 g/mol. The van der Waals surface area contributed by atoms with Crippen molar-refractivity contribution in [1.29, 1.82) is 0 Å². The second-order valence-corrected chi connectivity index (χ2v) is 7.10. The molecule has 19 heavy (non-hydrogen) atoms. The van der Waals surface area contributed by atoms with Gasteiger partial charge in [0.2, 0.25) is 0 Å². The molecule has 3 nitrogen and oxygen atoms in total. The standard InChI is InChI=1S/C15H19N3S/c1-15(2,3)18(4)14-13-10-7-8-19-12(10)6-5-11(13)16-9-17-14/h5-6,9H,7-8H2,1-4H3. The number of hydrogen-bond acceptors (Lipinski definition) is 4. The van der Waals surface area contributed by atoms with Crippen LogP contribution in [0.1, 0.15) is 26.3 Å². The Morgan fingerprint density at radius 1 is 1.21 bits per heavy atom. The van der Waals surface area contributed by atoms with Crippen LogP contribution in [0.25, 0.3) is 10.9 Å². The van der Waals surface area contributed by atoms with Crippen LogP contribution in [0, 0.1) is 0 Å². The van der Waals surface area contributed by atoms with Crippen molar-refractivity contribution in [3.63, 3.8) is 0 Å². The number of aromatic nitrogens is 2. The molecule has 100 valence electrons. The summed E-state index contributed by atoms with van der Waals surface area (Å²) in [4.78, 5) is 12.6. The molecule has 0 aliphatic carbocycles. The summed E-state index contributed by atoms with van der Waals surface area (Å²) in [5, 5.41) is 1.24. The molecule has 0 N–H and O–H groups in total. The van der Waals surface area contributed by atoms with Gasteiger partial charge in [0, 0.05) is 28.6 Å². The van der Waals surface area contributed by atoms with Crippen molar-refractivity contribution in [1.82, 2.24) is 9.97 Å². The number of benzene rings is 1. The van der Waals surface area contributed by atoms with Crippen molar-refractivity contribution in [2.24, 2.45) is 0 Å².